The normalized spacial score (nSPS) is 12.3. The summed E-state index contributed by atoms with van der Waals surface area (Å²) in [5, 5.41) is 12.5. The summed E-state index contributed by atoms with van der Waals surface area (Å²) in [5.74, 6) is 0.335. The lowest BCUT2D eigenvalue weighted by Crippen LogP contribution is -2.14. The van der Waals surface area contributed by atoms with Crippen molar-refractivity contribution in [2.75, 3.05) is 19.5 Å². The maximum absolute atomic E-state index is 12.9. The van der Waals surface area contributed by atoms with Gasteiger partial charge in [0.15, 0.2) is 5.78 Å². The molecule has 0 aliphatic heterocycles. The minimum absolute atomic E-state index is 0.0624. The zero-order chi connectivity index (χ0) is 20.3. The van der Waals surface area contributed by atoms with Gasteiger partial charge in [0.1, 0.15) is 0 Å². The molecule has 1 atom stereocenters. The van der Waals surface area contributed by atoms with Gasteiger partial charge in [0.25, 0.3) is 0 Å². The number of carbonyl (C=O) groups excluding carboxylic acids is 1. The second kappa shape index (κ2) is 8.70. The van der Waals surface area contributed by atoms with Gasteiger partial charge in [-0.15, -0.1) is 5.10 Å². The van der Waals surface area contributed by atoms with E-state index in [4.69, 9.17) is 4.74 Å². The number of rotatable bonds is 8. The smallest absolute Gasteiger partial charge is 0.214 e. The highest BCUT2D eigenvalue weighted by molar-refractivity contribution is 7.99. The van der Waals surface area contributed by atoms with Gasteiger partial charge in [0, 0.05) is 24.1 Å². The van der Waals surface area contributed by atoms with Crippen molar-refractivity contribution in [2.24, 2.45) is 0 Å². The van der Waals surface area contributed by atoms with Crippen LogP contribution in [0.2, 0.25) is 0 Å². The average molecular weight is 400 g/mol. The van der Waals surface area contributed by atoms with Gasteiger partial charge in [0.2, 0.25) is 5.16 Å². The number of nitrogens with zero attached hydrogens (tertiary/aromatic N) is 5. The summed E-state index contributed by atoms with van der Waals surface area (Å²) >= 11 is 1.34. The van der Waals surface area contributed by atoms with Crippen LogP contribution in [0.3, 0.4) is 0 Å². The lowest BCUT2D eigenvalue weighted by molar-refractivity contribution is 0.102. The molecule has 2 aromatic heterocycles. The molecule has 0 N–H and O–H groups in total. The van der Waals surface area contributed by atoms with E-state index >= 15 is 0 Å². The molecule has 0 amide bonds. The molecule has 3 aromatic rings. The average Bonchev–Trinajstić information content (AvgIpc) is 3.24. The lowest BCUT2D eigenvalue weighted by Gasteiger charge is -2.17. The van der Waals surface area contributed by atoms with Crippen LogP contribution in [0.5, 0.6) is 0 Å². The van der Waals surface area contributed by atoms with Crippen molar-refractivity contribution in [3.05, 3.63) is 52.8 Å². The van der Waals surface area contributed by atoms with Gasteiger partial charge in [-0.1, -0.05) is 29.5 Å². The lowest BCUT2D eigenvalue weighted by atomic mass is 10.2. The van der Waals surface area contributed by atoms with Crippen molar-refractivity contribution in [3.63, 3.8) is 0 Å². The molecule has 1 unspecified atom stereocenters. The highest BCUT2D eigenvalue weighted by Crippen LogP contribution is 2.24. The summed E-state index contributed by atoms with van der Waals surface area (Å²) in [5.41, 5.74) is 4.80. The summed E-state index contributed by atoms with van der Waals surface area (Å²) in [4.78, 5) is 12.9. The molecule has 0 aliphatic carbocycles. The molecular weight excluding hydrogens is 374 g/mol. The number of ketones is 1. The van der Waals surface area contributed by atoms with E-state index in [0.29, 0.717) is 11.8 Å². The van der Waals surface area contributed by atoms with E-state index in [1.807, 2.05) is 51.1 Å². The molecule has 0 saturated heterocycles. The first-order chi connectivity index (χ1) is 13.4. The van der Waals surface area contributed by atoms with Crippen LogP contribution in [0, 0.1) is 20.8 Å². The predicted octanol–water partition coefficient (Wildman–Crippen LogP) is 3.57. The van der Waals surface area contributed by atoms with Gasteiger partial charge in [-0.3, -0.25) is 4.79 Å². The van der Waals surface area contributed by atoms with Crippen molar-refractivity contribution in [1.82, 2.24) is 24.8 Å². The van der Waals surface area contributed by atoms with E-state index in [2.05, 4.69) is 27.0 Å². The molecule has 2 heterocycles. The number of benzene rings is 1. The van der Waals surface area contributed by atoms with Crippen LogP contribution in [0.1, 0.15) is 40.3 Å². The second-order valence-corrected chi connectivity index (χ2v) is 7.82. The van der Waals surface area contributed by atoms with Crippen LogP contribution >= 0.6 is 11.8 Å². The van der Waals surface area contributed by atoms with Crippen LogP contribution in [-0.4, -0.2) is 50.0 Å². The number of thioether (sulfide) groups is 1. The molecule has 148 valence electrons. The fourth-order valence-corrected chi connectivity index (χ4v) is 4.15. The fourth-order valence-electron chi connectivity index (χ4n) is 3.38. The predicted molar refractivity (Wildman–Crippen MR) is 109 cm³/mol. The molecule has 1 aromatic carbocycles. The van der Waals surface area contributed by atoms with Gasteiger partial charge in [-0.2, -0.15) is 4.68 Å². The molecule has 0 bridgehead atoms. The van der Waals surface area contributed by atoms with Crippen molar-refractivity contribution in [3.8, 4) is 5.69 Å². The maximum atomic E-state index is 12.9. The molecule has 0 radical (unpaired) electrons. The van der Waals surface area contributed by atoms with Gasteiger partial charge in [-0.05, 0) is 56.3 Å². The van der Waals surface area contributed by atoms with E-state index in [-0.39, 0.29) is 17.6 Å². The highest BCUT2D eigenvalue weighted by atomic mass is 32.2. The third kappa shape index (κ3) is 4.18. The topological polar surface area (TPSA) is 74.8 Å². The Balaban J connectivity index is 1.75. The van der Waals surface area contributed by atoms with Crippen LogP contribution < -0.4 is 0 Å². The summed E-state index contributed by atoms with van der Waals surface area (Å²) in [7, 11) is 1.69. The number of ether oxygens (including phenoxy) is 1. The minimum Gasteiger partial charge on any atom is -0.383 e. The quantitative estimate of drug-likeness (QED) is 0.426. The molecule has 7 nitrogen and oxygen atoms in total. The molecule has 0 fully saturated rings. The molecule has 0 aliphatic rings. The number of carbonyl (C=O) groups is 1. The molecule has 28 heavy (non-hydrogen) atoms. The second-order valence-electron chi connectivity index (χ2n) is 6.88. The summed E-state index contributed by atoms with van der Waals surface area (Å²) < 4.78 is 9.07. The van der Waals surface area contributed by atoms with Gasteiger partial charge >= 0.3 is 0 Å². The van der Waals surface area contributed by atoms with Crippen LogP contribution in [-0.2, 0) is 4.74 Å². The first-order valence-electron chi connectivity index (χ1n) is 9.11. The van der Waals surface area contributed by atoms with Crippen LogP contribution in [0.4, 0.5) is 0 Å². The third-order valence-electron chi connectivity index (χ3n) is 4.69. The molecule has 0 saturated carbocycles. The number of Topliss-reactive ketones (excluding diaryl/α,β-unsaturated/α-hetero) is 1. The Morgan fingerprint density at radius 2 is 1.93 bits per heavy atom. The molecule has 3 rings (SSSR count). The molecular formula is C20H25N5O2S. The Morgan fingerprint density at radius 1 is 1.21 bits per heavy atom. The zero-order valence-electron chi connectivity index (χ0n) is 16.8. The Hall–Kier alpha value is -2.45. The fraction of sp³-hybridized carbons (Fsp3) is 0.400. The van der Waals surface area contributed by atoms with Crippen LogP contribution in [0.15, 0.2) is 35.5 Å². The van der Waals surface area contributed by atoms with Gasteiger partial charge in [0.05, 0.1) is 24.1 Å². The van der Waals surface area contributed by atoms with E-state index < -0.39 is 0 Å². The first-order valence-corrected chi connectivity index (χ1v) is 10.1. The maximum Gasteiger partial charge on any atom is 0.214 e. The van der Waals surface area contributed by atoms with Crippen molar-refractivity contribution < 1.29 is 9.53 Å². The SMILES string of the molecule is COCC(C)n1c(C)cc(C(=O)CSc2nnnn2-c2ccc(C)cc2)c1C. The monoisotopic (exact) mass is 399 g/mol. The summed E-state index contributed by atoms with van der Waals surface area (Å²) in [6, 6.07) is 10.1. The standard InChI is InChI=1S/C20H25N5O2S/c1-13-6-8-17(9-7-13)25-20(21-22-23-25)28-12-19(26)18-10-14(2)24(16(18)4)15(3)11-27-5/h6-10,15H,11-12H2,1-5H3. The molecule has 0 spiro atoms. The highest BCUT2D eigenvalue weighted by Gasteiger charge is 2.20. The Labute approximate surface area is 169 Å². The summed E-state index contributed by atoms with van der Waals surface area (Å²) in [6.45, 7) is 8.71. The van der Waals surface area contributed by atoms with E-state index in [1.54, 1.807) is 11.8 Å². The third-order valence-corrected chi connectivity index (χ3v) is 5.60. The number of aromatic nitrogens is 5. The Bertz CT molecular complexity index is 962. The van der Waals surface area contributed by atoms with Crippen molar-refractivity contribution in [2.45, 2.75) is 38.9 Å². The van der Waals surface area contributed by atoms with E-state index in [0.717, 1.165) is 22.6 Å². The number of methoxy groups -OCH3 is 1. The minimum atomic E-state index is 0.0624. The van der Waals surface area contributed by atoms with Crippen molar-refractivity contribution >= 4 is 17.5 Å². The first kappa shape index (κ1) is 20.3. The zero-order valence-corrected chi connectivity index (χ0v) is 17.7. The van der Waals surface area contributed by atoms with Gasteiger partial charge < -0.3 is 9.30 Å². The van der Waals surface area contributed by atoms with Crippen molar-refractivity contribution in [1.29, 1.82) is 0 Å². The Morgan fingerprint density at radius 3 is 2.61 bits per heavy atom. The largest absolute Gasteiger partial charge is 0.383 e. The number of hydrogen-bond acceptors (Lipinski definition) is 6. The van der Waals surface area contributed by atoms with Gasteiger partial charge in [-0.25, -0.2) is 0 Å². The number of hydrogen-bond donors (Lipinski definition) is 0. The van der Waals surface area contributed by atoms with E-state index in [9.17, 15) is 4.79 Å². The molecule has 8 heteroatoms. The van der Waals surface area contributed by atoms with E-state index in [1.165, 1.54) is 17.3 Å². The number of aryl methyl sites for hydroxylation is 2. The number of tetrazole rings is 1. The Kier molecular flexibility index (Phi) is 6.31. The van der Waals surface area contributed by atoms with Crippen LogP contribution in [0.25, 0.3) is 5.69 Å². The summed E-state index contributed by atoms with van der Waals surface area (Å²) in [6.07, 6.45) is 0.